The second-order valence-corrected chi connectivity index (χ2v) is 5.47. The Hall–Kier alpha value is -1.55. The van der Waals surface area contributed by atoms with Crippen molar-refractivity contribution in [3.05, 3.63) is 29.8 Å². The number of amides is 1. The zero-order valence-electron chi connectivity index (χ0n) is 13.1. The molecule has 1 unspecified atom stereocenters. The van der Waals surface area contributed by atoms with Crippen LogP contribution in [0.4, 0.5) is 0 Å². The van der Waals surface area contributed by atoms with Gasteiger partial charge in [-0.3, -0.25) is 4.79 Å². The molecule has 1 heterocycles. The number of hydrogen-bond acceptors (Lipinski definition) is 3. The third-order valence-electron chi connectivity index (χ3n) is 3.81. The third-order valence-corrected chi connectivity index (χ3v) is 3.81. The van der Waals surface area contributed by atoms with Crippen LogP contribution in [0.25, 0.3) is 0 Å². The Bertz CT molecular complexity index is 462. The molecule has 1 aliphatic rings. The molecular weight excluding hydrogens is 264 g/mol. The molecule has 116 valence electrons. The van der Waals surface area contributed by atoms with E-state index in [-0.39, 0.29) is 5.91 Å². The minimum Gasteiger partial charge on any atom is -0.493 e. The highest BCUT2D eigenvalue weighted by Gasteiger charge is 2.25. The number of nitrogens with one attached hydrogen (secondary N) is 1. The molecule has 0 bridgehead atoms. The maximum Gasteiger partial charge on any atom is 0.257 e. The van der Waals surface area contributed by atoms with Gasteiger partial charge in [-0.25, -0.2) is 0 Å². The van der Waals surface area contributed by atoms with E-state index in [0.29, 0.717) is 24.0 Å². The maximum absolute atomic E-state index is 12.7. The first-order chi connectivity index (χ1) is 10.3. The fourth-order valence-electron chi connectivity index (χ4n) is 2.77. The Balaban J connectivity index is 2.05. The fourth-order valence-corrected chi connectivity index (χ4v) is 2.77. The summed E-state index contributed by atoms with van der Waals surface area (Å²) in [6.07, 6.45) is 3.33. The van der Waals surface area contributed by atoms with E-state index >= 15 is 0 Å². The van der Waals surface area contributed by atoms with Gasteiger partial charge < -0.3 is 15.0 Å². The highest BCUT2D eigenvalue weighted by atomic mass is 16.5. The van der Waals surface area contributed by atoms with Crippen LogP contribution in [-0.4, -0.2) is 43.1 Å². The number of piperidine rings is 1. The second-order valence-electron chi connectivity index (χ2n) is 5.47. The summed E-state index contributed by atoms with van der Waals surface area (Å²) in [5.74, 6) is 0.774. The Morgan fingerprint density at radius 2 is 2.19 bits per heavy atom. The summed E-state index contributed by atoms with van der Waals surface area (Å²) in [6, 6.07) is 7.95. The van der Waals surface area contributed by atoms with Gasteiger partial charge >= 0.3 is 0 Å². The van der Waals surface area contributed by atoms with Gasteiger partial charge in [0, 0.05) is 19.1 Å². The van der Waals surface area contributed by atoms with Gasteiger partial charge in [0.25, 0.3) is 5.91 Å². The van der Waals surface area contributed by atoms with Gasteiger partial charge in [0.1, 0.15) is 5.75 Å². The summed E-state index contributed by atoms with van der Waals surface area (Å²) >= 11 is 0. The van der Waals surface area contributed by atoms with Crippen molar-refractivity contribution in [2.45, 2.75) is 39.2 Å². The number of benzene rings is 1. The summed E-state index contributed by atoms with van der Waals surface area (Å²) < 4.78 is 5.58. The van der Waals surface area contributed by atoms with Gasteiger partial charge in [-0.2, -0.15) is 0 Å². The number of carbonyl (C=O) groups is 1. The number of likely N-dealkylation sites (tertiary alicyclic amines) is 1. The van der Waals surface area contributed by atoms with Crippen molar-refractivity contribution >= 4 is 5.91 Å². The average Bonchev–Trinajstić information content (AvgIpc) is 2.53. The van der Waals surface area contributed by atoms with Gasteiger partial charge in [0.05, 0.1) is 12.2 Å². The van der Waals surface area contributed by atoms with Gasteiger partial charge in [0.15, 0.2) is 0 Å². The molecule has 1 aromatic rings. The lowest BCUT2D eigenvalue weighted by atomic mass is 10.0. The topological polar surface area (TPSA) is 41.6 Å². The minimum absolute atomic E-state index is 0.0852. The van der Waals surface area contributed by atoms with Gasteiger partial charge in [-0.15, -0.1) is 0 Å². The van der Waals surface area contributed by atoms with Gasteiger partial charge in [-0.1, -0.05) is 19.1 Å². The van der Waals surface area contributed by atoms with E-state index in [1.165, 1.54) is 0 Å². The number of para-hydroxylation sites is 1. The molecule has 4 nitrogen and oxygen atoms in total. The van der Waals surface area contributed by atoms with Crippen LogP contribution >= 0.6 is 0 Å². The molecule has 0 spiro atoms. The highest BCUT2D eigenvalue weighted by molar-refractivity contribution is 5.97. The molecule has 1 atom stereocenters. The van der Waals surface area contributed by atoms with Gasteiger partial charge in [0.2, 0.25) is 0 Å². The number of carbonyl (C=O) groups excluding carboxylic acids is 1. The predicted octanol–water partition coefficient (Wildman–Crippen LogP) is 2.69. The van der Waals surface area contributed by atoms with E-state index in [1.54, 1.807) is 0 Å². The first-order valence-corrected chi connectivity index (χ1v) is 8.00. The molecule has 21 heavy (non-hydrogen) atoms. The Labute approximate surface area is 127 Å². The van der Waals surface area contributed by atoms with Crippen molar-refractivity contribution < 1.29 is 9.53 Å². The van der Waals surface area contributed by atoms with E-state index < -0.39 is 0 Å². The number of ether oxygens (including phenoxy) is 1. The first-order valence-electron chi connectivity index (χ1n) is 8.00. The SMILES string of the molecule is CCCNC1CCCN(C(=O)c2ccccc2OCC)C1. The first kappa shape index (κ1) is 15.8. The maximum atomic E-state index is 12.7. The molecule has 1 saturated heterocycles. The largest absolute Gasteiger partial charge is 0.493 e. The van der Waals surface area contributed by atoms with Crippen LogP contribution in [0.5, 0.6) is 5.75 Å². The molecule has 0 radical (unpaired) electrons. The average molecular weight is 290 g/mol. The lowest BCUT2D eigenvalue weighted by Gasteiger charge is -2.33. The monoisotopic (exact) mass is 290 g/mol. The lowest BCUT2D eigenvalue weighted by molar-refractivity contribution is 0.0691. The number of hydrogen-bond donors (Lipinski definition) is 1. The molecule has 4 heteroatoms. The van der Waals surface area contributed by atoms with Crippen LogP contribution in [0.1, 0.15) is 43.5 Å². The van der Waals surface area contributed by atoms with Crippen LogP contribution in [0.15, 0.2) is 24.3 Å². The molecule has 1 amide bonds. The van der Waals surface area contributed by atoms with Crippen molar-refractivity contribution in [2.75, 3.05) is 26.2 Å². The summed E-state index contributed by atoms with van der Waals surface area (Å²) in [4.78, 5) is 14.7. The van der Waals surface area contributed by atoms with E-state index in [4.69, 9.17) is 4.74 Å². The van der Waals surface area contributed by atoms with Crippen LogP contribution < -0.4 is 10.1 Å². The standard InChI is InChI=1S/C17H26N2O2/c1-3-11-18-14-8-7-12-19(13-14)17(20)15-9-5-6-10-16(15)21-4-2/h5-6,9-10,14,18H,3-4,7-8,11-13H2,1-2H3. The molecule has 1 fully saturated rings. The van der Waals surface area contributed by atoms with Crippen molar-refractivity contribution in [1.82, 2.24) is 10.2 Å². The Morgan fingerprint density at radius 3 is 2.95 bits per heavy atom. The number of nitrogens with zero attached hydrogens (tertiary/aromatic N) is 1. The Morgan fingerprint density at radius 1 is 1.38 bits per heavy atom. The smallest absolute Gasteiger partial charge is 0.257 e. The quantitative estimate of drug-likeness (QED) is 0.876. The van der Waals surface area contributed by atoms with Crippen LogP contribution in [-0.2, 0) is 0 Å². The van der Waals surface area contributed by atoms with Gasteiger partial charge in [-0.05, 0) is 44.9 Å². The summed E-state index contributed by atoms with van der Waals surface area (Å²) in [6.45, 7) is 7.32. The molecule has 0 saturated carbocycles. The normalized spacial score (nSPS) is 18.6. The van der Waals surface area contributed by atoms with Crippen molar-refractivity contribution in [1.29, 1.82) is 0 Å². The highest BCUT2D eigenvalue weighted by Crippen LogP contribution is 2.22. The van der Waals surface area contributed by atoms with Crippen molar-refractivity contribution in [2.24, 2.45) is 0 Å². The van der Waals surface area contributed by atoms with Crippen molar-refractivity contribution in [3.63, 3.8) is 0 Å². The molecular formula is C17H26N2O2. The molecule has 0 aliphatic carbocycles. The fraction of sp³-hybridized carbons (Fsp3) is 0.588. The molecule has 1 aromatic carbocycles. The number of rotatable bonds is 6. The molecule has 0 aromatic heterocycles. The zero-order valence-corrected chi connectivity index (χ0v) is 13.1. The predicted molar refractivity (Wildman–Crippen MR) is 84.8 cm³/mol. The van der Waals surface area contributed by atoms with Crippen molar-refractivity contribution in [3.8, 4) is 5.75 Å². The molecule has 1 N–H and O–H groups in total. The lowest BCUT2D eigenvalue weighted by Crippen LogP contribution is -2.48. The summed E-state index contributed by atoms with van der Waals surface area (Å²) in [5.41, 5.74) is 0.676. The zero-order chi connectivity index (χ0) is 15.1. The summed E-state index contributed by atoms with van der Waals surface area (Å²) in [7, 11) is 0. The van der Waals surface area contributed by atoms with E-state index in [9.17, 15) is 4.79 Å². The third kappa shape index (κ3) is 4.21. The molecule has 2 rings (SSSR count). The molecule has 1 aliphatic heterocycles. The summed E-state index contributed by atoms with van der Waals surface area (Å²) in [5, 5.41) is 3.52. The minimum atomic E-state index is 0.0852. The van der Waals surface area contributed by atoms with E-state index in [1.807, 2.05) is 36.1 Å². The van der Waals surface area contributed by atoms with Crippen LogP contribution in [0.3, 0.4) is 0 Å². The Kier molecular flexibility index (Phi) is 6.05. The second kappa shape index (κ2) is 8.03. The van der Waals surface area contributed by atoms with E-state index in [0.717, 1.165) is 38.9 Å². The van der Waals surface area contributed by atoms with Crippen LogP contribution in [0, 0.1) is 0 Å². The van der Waals surface area contributed by atoms with Crippen LogP contribution in [0.2, 0.25) is 0 Å². The van der Waals surface area contributed by atoms with E-state index in [2.05, 4.69) is 12.2 Å².